The highest BCUT2D eigenvalue weighted by atomic mass is 16.5. The van der Waals surface area contributed by atoms with Crippen LogP contribution in [0.5, 0.6) is 0 Å². The van der Waals surface area contributed by atoms with E-state index in [1.54, 1.807) is 0 Å². The monoisotopic (exact) mass is 280 g/mol. The Balaban J connectivity index is 1.68. The van der Waals surface area contributed by atoms with Crippen LogP contribution < -0.4 is 5.32 Å². The molecule has 1 saturated carbocycles. The quantitative estimate of drug-likeness (QED) is 0.852. The average Bonchev–Trinajstić information content (AvgIpc) is 3.21. The normalized spacial score (nSPS) is 23.7. The molecular weight excluding hydrogens is 256 g/mol. The minimum absolute atomic E-state index is 0.0210. The molecule has 2 heterocycles. The summed E-state index contributed by atoms with van der Waals surface area (Å²) in [4.78, 5) is 6.98. The Morgan fingerprint density at radius 3 is 2.80 bits per heavy atom. The number of aromatic nitrogens is 2. The molecule has 2 aliphatic rings. The third kappa shape index (κ3) is 3.02. The van der Waals surface area contributed by atoms with E-state index in [1.165, 1.54) is 12.8 Å². The highest BCUT2D eigenvalue weighted by Gasteiger charge is 2.36. The number of hydrogen-bond donors (Lipinski definition) is 1. The molecule has 0 radical (unpaired) electrons. The minimum atomic E-state index is 0.0210. The van der Waals surface area contributed by atoms with Crippen LogP contribution in [-0.4, -0.2) is 47.8 Å². The molecule has 1 N–H and O–H groups in total. The molecular formula is C14H24N4O2. The van der Waals surface area contributed by atoms with Gasteiger partial charge in [0, 0.05) is 32.8 Å². The molecule has 6 heteroatoms. The maximum atomic E-state index is 5.78. The van der Waals surface area contributed by atoms with E-state index in [-0.39, 0.29) is 12.1 Å². The van der Waals surface area contributed by atoms with Crippen LogP contribution in [0.1, 0.15) is 50.6 Å². The maximum Gasteiger partial charge on any atom is 0.243 e. The Kier molecular flexibility index (Phi) is 4.33. The number of nitrogens with zero attached hydrogens (tertiary/aromatic N) is 3. The Morgan fingerprint density at radius 2 is 2.15 bits per heavy atom. The summed E-state index contributed by atoms with van der Waals surface area (Å²) in [6.45, 7) is 8.93. The van der Waals surface area contributed by atoms with E-state index in [0.29, 0.717) is 18.4 Å². The van der Waals surface area contributed by atoms with Gasteiger partial charge in [-0.25, -0.2) is 0 Å². The Hall–Kier alpha value is -0.980. The van der Waals surface area contributed by atoms with Crippen LogP contribution in [0.4, 0.5) is 0 Å². The van der Waals surface area contributed by atoms with E-state index >= 15 is 0 Å². The van der Waals surface area contributed by atoms with Crippen molar-refractivity contribution >= 4 is 0 Å². The van der Waals surface area contributed by atoms with Gasteiger partial charge in [-0.15, -0.1) is 0 Å². The first-order valence-electron chi connectivity index (χ1n) is 7.69. The summed E-state index contributed by atoms with van der Waals surface area (Å²) in [5.74, 6) is 2.02. The molecule has 0 amide bonds. The Bertz CT molecular complexity index is 427. The van der Waals surface area contributed by atoms with Crippen LogP contribution in [-0.2, 0) is 4.74 Å². The molecule has 6 nitrogen and oxygen atoms in total. The van der Waals surface area contributed by atoms with Crippen molar-refractivity contribution in [2.75, 3.05) is 32.8 Å². The van der Waals surface area contributed by atoms with Gasteiger partial charge in [0.25, 0.3) is 0 Å². The largest absolute Gasteiger partial charge is 0.370 e. The van der Waals surface area contributed by atoms with Crippen LogP contribution in [0.3, 0.4) is 0 Å². The number of piperazine rings is 1. The predicted molar refractivity (Wildman–Crippen MR) is 74.2 cm³/mol. The zero-order valence-corrected chi connectivity index (χ0v) is 12.3. The van der Waals surface area contributed by atoms with Crippen LogP contribution >= 0.6 is 0 Å². The SMILES string of the molecule is CCOC(c1noc(C(C)N2CCNCC2)n1)C1CC1. The summed E-state index contributed by atoms with van der Waals surface area (Å²) in [7, 11) is 0. The van der Waals surface area contributed by atoms with E-state index in [9.17, 15) is 0 Å². The summed E-state index contributed by atoms with van der Waals surface area (Å²) in [5.41, 5.74) is 0. The standard InChI is InChI=1S/C14H24N4O2/c1-3-19-12(11-4-5-11)13-16-14(20-17-13)10(2)18-8-6-15-7-9-18/h10-12,15H,3-9H2,1-2H3. The summed E-state index contributed by atoms with van der Waals surface area (Å²) in [6.07, 6.45) is 2.44. The van der Waals surface area contributed by atoms with Crippen LogP contribution in [0.25, 0.3) is 0 Å². The van der Waals surface area contributed by atoms with Crippen LogP contribution in [0.2, 0.25) is 0 Å². The van der Waals surface area contributed by atoms with Gasteiger partial charge in [0.1, 0.15) is 6.10 Å². The number of hydrogen-bond acceptors (Lipinski definition) is 6. The fraction of sp³-hybridized carbons (Fsp3) is 0.857. The molecule has 2 unspecified atom stereocenters. The third-order valence-electron chi connectivity index (χ3n) is 4.17. The number of ether oxygens (including phenoxy) is 1. The first-order chi connectivity index (χ1) is 9.79. The summed E-state index contributed by atoms with van der Waals surface area (Å²) in [5, 5.41) is 7.52. The van der Waals surface area contributed by atoms with Gasteiger partial charge in [-0.2, -0.15) is 4.98 Å². The van der Waals surface area contributed by atoms with Gasteiger partial charge in [-0.1, -0.05) is 5.16 Å². The first kappa shape index (κ1) is 14.0. The highest BCUT2D eigenvalue weighted by Crippen LogP contribution is 2.42. The predicted octanol–water partition coefficient (Wildman–Crippen LogP) is 1.52. The molecule has 20 heavy (non-hydrogen) atoms. The van der Waals surface area contributed by atoms with E-state index in [4.69, 9.17) is 9.26 Å². The van der Waals surface area contributed by atoms with Gasteiger partial charge in [0.15, 0.2) is 0 Å². The highest BCUT2D eigenvalue weighted by molar-refractivity contribution is 5.00. The molecule has 1 aliphatic heterocycles. The van der Waals surface area contributed by atoms with Gasteiger partial charge in [-0.3, -0.25) is 4.90 Å². The lowest BCUT2D eigenvalue weighted by Crippen LogP contribution is -2.44. The van der Waals surface area contributed by atoms with Gasteiger partial charge in [0.2, 0.25) is 11.7 Å². The van der Waals surface area contributed by atoms with E-state index in [0.717, 1.165) is 32.0 Å². The number of rotatable bonds is 6. The lowest BCUT2D eigenvalue weighted by atomic mass is 10.2. The fourth-order valence-electron chi connectivity index (χ4n) is 2.76. The van der Waals surface area contributed by atoms with Crippen LogP contribution in [0.15, 0.2) is 4.52 Å². The Morgan fingerprint density at radius 1 is 1.40 bits per heavy atom. The molecule has 0 bridgehead atoms. The molecule has 1 aromatic heterocycles. The zero-order chi connectivity index (χ0) is 13.9. The van der Waals surface area contributed by atoms with Gasteiger partial charge in [-0.05, 0) is 32.6 Å². The molecule has 1 aliphatic carbocycles. The van der Waals surface area contributed by atoms with E-state index in [1.807, 2.05) is 6.92 Å². The van der Waals surface area contributed by atoms with Gasteiger partial charge in [0.05, 0.1) is 6.04 Å². The summed E-state index contributed by atoms with van der Waals surface area (Å²) >= 11 is 0. The lowest BCUT2D eigenvalue weighted by molar-refractivity contribution is 0.0384. The van der Waals surface area contributed by atoms with Gasteiger partial charge < -0.3 is 14.6 Å². The molecule has 1 aromatic rings. The maximum absolute atomic E-state index is 5.78. The molecule has 0 spiro atoms. The Labute approximate surface area is 119 Å². The smallest absolute Gasteiger partial charge is 0.243 e. The third-order valence-corrected chi connectivity index (χ3v) is 4.17. The van der Waals surface area contributed by atoms with Crippen molar-refractivity contribution in [2.24, 2.45) is 5.92 Å². The average molecular weight is 280 g/mol. The molecule has 112 valence electrons. The second-order valence-electron chi connectivity index (χ2n) is 5.67. The second-order valence-corrected chi connectivity index (χ2v) is 5.67. The molecule has 2 fully saturated rings. The van der Waals surface area contributed by atoms with Crippen molar-refractivity contribution in [1.29, 1.82) is 0 Å². The molecule has 2 atom stereocenters. The van der Waals surface area contributed by atoms with Gasteiger partial charge >= 0.3 is 0 Å². The lowest BCUT2D eigenvalue weighted by Gasteiger charge is -2.30. The van der Waals surface area contributed by atoms with E-state index in [2.05, 4.69) is 27.3 Å². The first-order valence-corrected chi connectivity index (χ1v) is 7.69. The van der Waals surface area contributed by atoms with Crippen molar-refractivity contribution in [3.8, 4) is 0 Å². The van der Waals surface area contributed by atoms with E-state index < -0.39 is 0 Å². The zero-order valence-electron chi connectivity index (χ0n) is 12.3. The fourth-order valence-corrected chi connectivity index (χ4v) is 2.76. The van der Waals surface area contributed by atoms with Crippen molar-refractivity contribution in [3.05, 3.63) is 11.7 Å². The summed E-state index contributed by atoms with van der Waals surface area (Å²) < 4.78 is 11.3. The molecule has 0 aromatic carbocycles. The molecule has 1 saturated heterocycles. The summed E-state index contributed by atoms with van der Waals surface area (Å²) in [6, 6.07) is 0.180. The topological polar surface area (TPSA) is 63.4 Å². The number of nitrogens with one attached hydrogen (secondary N) is 1. The second kappa shape index (κ2) is 6.20. The minimum Gasteiger partial charge on any atom is -0.370 e. The van der Waals surface area contributed by atoms with Crippen LogP contribution in [0, 0.1) is 5.92 Å². The van der Waals surface area contributed by atoms with Crippen molar-refractivity contribution in [2.45, 2.75) is 38.8 Å². The van der Waals surface area contributed by atoms with Crippen molar-refractivity contribution in [1.82, 2.24) is 20.4 Å². The van der Waals surface area contributed by atoms with Crippen molar-refractivity contribution in [3.63, 3.8) is 0 Å². The molecule has 3 rings (SSSR count). The van der Waals surface area contributed by atoms with Crippen molar-refractivity contribution < 1.29 is 9.26 Å².